The second kappa shape index (κ2) is 5.02. The molecule has 0 saturated heterocycles. The third-order valence-electron chi connectivity index (χ3n) is 2.43. The van der Waals surface area contributed by atoms with Crippen molar-refractivity contribution in [3.05, 3.63) is 23.2 Å². The van der Waals surface area contributed by atoms with Gasteiger partial charge in [-0.15, -0.1) is 0 Å². The lowest BCUT2D eigenvalue weighted by molar-refractivity contribution is 0.206. The van der Waals surface area contributed by atoms with Crippen LogP contribution in [0.4, 0.5) is 0 Å². The van der Waals surface area contributed by atoms with Crippen molar-refractivity contribution in [1.29, 1.82) is 0 Å². The smallest absolute Gasteiger partial charge is 0.120 e. The Morgan fingerprint density at radius 1 is 1.38 bits per heavy atom. The number of hydrogen-bond donors (Lipinski definition) is 1. The van der Waals surface area contributed by atoms with Crippen LogP contribution in [0.25, 0.3) is 0 Å². The molecule has 0 bridgehead atoms. The predicted octanol–water partition coefficient (Wildman–Crippen LogP) is 2.52. The monoisotopic (exact) mass is 224 g/mol. The van der Waals surface area contributed by atoms with Gasteiger partial charge < -0.3 is 10.2 Å². The van der Waals surface area contributed by atoms with Gasteiger partial charge in [0.25, 0.3) is 0 Å². The van der Waals surface area contributed by atoms with Gasteiger partial charge in [0.2, 0.25) is 0 Å². The summed E-state index contributed by atoms with van der Waals surface area (Å²) in [6.45, 7) is 11.1. The molecule has 0 aromatic carbocycles. The van der Waals surface area contributed by atoms with Crippen molar-refractivity contribution in [2.45, 2.75) is 40.8 Å². The van der Waals surface area contributed by atoms with Crippen molar-refractivity contribution in [2.75, 3.05) is 13.6 Å². The number of nitrogens with two attached hydrogens (primary N) is 1. The maximum absolute atomic E-state index is 5.68. The van der Waals surface area contributed by atoms with Crippen LogP contribution in [-0.2, 0) is 13.1 Å². The summed E-state index contributed by atoms with van der Waals surface area (Å²) >= 11 is 0. The van der Waals surface area contributed by atoms with Crippen molar-refractivity contribution >= 4 is 0 Å². The van der Waals surface area contributed by atoms with Gasteiger partial charge in [0.05, 0.1) is 13.1 Å². The normalized spacial score (nSPS) is 12.4. The zero-order chi connectivity index (χ0) is 12.3. The lowest BCUT2D eigenvalue weighted by Crippen LogP contribution is -2.28. The Kier molecular flexibility index (Phi) is 4.16. The van der Waals surface area contributed by atoms with E-state index < -0.39 is 0 Å². The average Bonchev–Trinajstić information content (AvgIpc) is 2.42. The summed E-state index contributed by atoms with van der Waals surface area (Å²) in [7, 11) is 2.12. The van der Waals surface area contributed by atoms with Gasteiger partial charge in [0.1, 0.15) is 11.5 Å². The number of furan rings is 1. The van der Waals surface area contributed by atoms with Crippen molar-refractivity contribution in [3.63, 3.8) is 0 Å². The van der Waals surface area contributed by atoms with Gasteiger partial charge in [0, 0.05) is 6.54 Å². The first-order chi connectivity index (χ1) is 7.31. The zero-order valence-corrected chi connectivity index (χ0v) is 11.1. The number of rotatable bonds is 4. The molecule has 92 valence electrons. The SMILES string of the molecule is Cc1cc(CN(C)CC(C)(C)C)oc1CN. The molecule has 3 nitrogen and oxygen atoms in total. The van der Waals surface area contributed by atoms with Gasteiger partial charge in [0.15, 0.2) is 0 Å². The Morgan fingerprint density at radius 3 is 2.44 bits per heavy atom. The second-order valence-electron chi connectivity index (χ2n) is 5.76. The molecule has 0 aliphatic carbocycles. The lowest BCUT2D eigenvalue weighted by Gasteiger charge is -2.25. The molecule has 0 unspecified atom stereocenters. The maximum atomic E-state index is 5.68. The Hall–Kier alpha value is -0.800. The van der Waals surface area contributed by atoms with Crippen molar-refractivity contribution in [2.24, 2.45) is 11.1 Å². The van der Waals surface area contributed by atoms with E-state index in [1.807, 2.05) is 6.92 Å². The van der Waals surface area contributed by atoms with Crippen molar-refractivity contribution in [1.82, 2.24) is 4.90 Å². The highest BCUT2D eigenvalue weighted by atomic mass is 16.3. The van der Waals surface area contributed by atoms with E-state index in [2.05, 4.69) is 38.8 Å². The van der Waals surface area contributed by atoms with E-state index >= 15 is 0 Å². The van der Waals surface area contributed by atoms with Crippen LogP contribution < -0.4 is 5.73 Å². The number of hydrogen-bond acceptors (Lipinski definition) is 3. The summed E-state index contributed by atoms with van der Waals surface area (Å²) in [6.07, 6.45) is 0. The fourth-order valence-electron chi connectivity index (χ4n) is 2.00. The fraction of sp³-hybridized carbons (Fsp3) is 0.692. The van der Waals surface area contributed by atoms with Gasteiger partial charge in [-0.25, -0.2) is 0 Å². The van der Waals surface area contributed by atoms with E-state index in [9.17, 15) is 0 Å². The highest BCUT2D eigenvalue weighted by Gasteiger charge is 2.15. The van der Waals surface area contributed by atoms with E-state index in [1.54, 1.807) is 0 Å². The molecular formula is C13H24N2O. The first kappa shape index (κ1) is 13.3. The van der Waals surface area contributed by atoms with Gasteiger partial charge in [-0.3, -0.25) is 4.90 Å². The zero-order valence-electron chi connectivity index (χ0n) is 11.1. The summed E-state index contributed by atoms with van der Waals surface area (Å²) < 4.78 is 5.68. The van der Waals surface area contributed by atoms with E-state index in [1.165, 1.54) is 0 Å². The summed E-state index contributed by atoms with van der Waals surface area (Å²) in [6, 6.07) is 2.08. The van der Waals surface area contributed by atoms with Crippen LogP contribution in [0, 0.1) is 12.3 Å². The molecule has 0 saturated carbocycles. The molecule has 1 heterocycles. The van der Waals surface area contributed by atoms with E-state index in [-0.39, 0.29) is 0 Å². The summed E-state index contributed by atoms with van der Waals surface area (Å²) in [5.74, 6) is 1.91. The minimum Gasteiger partial charge on any atom is -0.463 e. The molecule has 2 N–H and O–H groups in total. The molecule has 0 radical (unpaired) electrons. The highest BCUT2D eigenvalue weighted by Crippen LogP contribution is 2.18. The second-order valence-corrected chi connectivity index (χ2v) is 5.76. The standard InChI is InChI=1S/C13H24N2O/c1-10-6-11(16-12(10)7-14)8-15(5)9-13(2,3)4/h6H,7-9,14H2,1-5H3. The Morgan fingerprint density at radius 2 is 2.00 bits per heavy atom. The van der Waals surface area contributed by atoms with Crippen LogP contribution in [0.15, 0.2) is 10.5 Å². The van der Waals surface area contributed by atoms with Gasteiger partial charge in [-0.05, 0) is 31.0 Å². The molecule has 3 heteroatoms. The minimum atomic E-state index is 0.313. The summed E-state index contributed by atoms with van der Waals surface area (Å²) in [4.78, 5) is 2.28. The molecule has 16 heavy (non-hydrogen) atoms. The first-order valence-electron chi connectivity index (χ1n) is 5.78. The summed E-state index contributed by atoms with van der Waals surface area (Å²) in [5.41, 5.74) is 7.06. The molecular weight excluding hydrogens is 200 g/mol. The maximum Gasteiger partial charge on any atom is 0.120 e. The van der Waals surface area contributed by atoms with Gasteiger partial charge in [-0.2, -0.15) is 0 Å². The Bertz CT molecular complexity index is 336. The number of nitrogens with zero attached hydrogens (tertiary/aromatic N) is 1. The molecule has 1 aromatic heterocycles. The van der Waals surface area contributed by atoms with E-state index in [4.69, 9.17) is 10.2 Å². The predicted molar refractivity (Wildman–Crippen MR) is 67.1 cm³/mol. The van der Waals surface area contributed by atoms with Crippen LogP contribution in [0.3, 0.4) is 0 Å². The largest absolute Gasteiger partial charge is 0.463 e. The Labute approximate surface area is 98.6 Å². The quantitative estimate of drug-likeness (QED) is 0.854. The van der Waals surface area contributed by atoms with Crippen LogP contribution >= 0.6 is 0 Å². The third-order valence-corrected chi connectivity index (χ3v) is 2.43. The molecule has 1 rings (SSSR count). The first-order valence-corrected chi connectivity index (χ1v) is 5.78. The van der Waals surface area contributed by atoms with Crippen LogP contribution in [0.2, 0.25) is 0 Å². The molecule has 0 atom stereocenters. The molecule has 0 aliphatic rings. The van der Waals surface area contributed by atoms with E-state index in [0.717, 1.165) is 30.2 Å². The number of aryl methyl sites for hydroxylation is 1. The molecule has 0 spiro atoms. The fourth-order valence-corrected chi connectivity index (χ4v) is 2.00. The van der Waals surface area contributed by atoms with Crippen LogP contribution in [0.5, 0.6) is 0 Å². The average molecular weight is 224 g/mol. The van der Waals surface area contributed by atoms with E-state index in [0.29, 0.717) is 12.0 Å². The minimum absolute atomic E-state index is 0.313. The van der Waals surface area contributed by atoms with Crippen molar-refractivity contribution < 1.29 is 4.42 Å². The molecule has 0 fully saturated rings. The van der Waals surface area contributed by atoms with Gasteiger partial charge >= 0.3 is 0 Å². The molecule has 0 amide bonds. The van der Waals surface area contributed by atoms with Crippen molar-refractivity contribution in [3.8, 4) is 0 Å². The highest BCUT2D eigenvalue weighted by molar-refractivity contribution is 5.19. The molecule has 0 aliphatic heterocycles. The summed E-state index contributed by atoms with van der Waals surface area (Å²) in [5, 5.41) is 0. The van der Waals surface area contributed by atoms with Crippen LogP contribution in [-0.4, -0.2) is 18.5 Å². The molecule has 1 aromatic rings. The lowest BCUT2D eigenvalue weighted by atomic mass is 9.96. The third kappa shape index (κ3) is 3.99. The van der Waals surface area contributed by atoms with Crippen LogP contribution in [0.1, 0.15) is 37.9 Å². The van der Waals surface area contributed by atoms with Gasteiger partial charge in [-0.1, -0.05) is 20.8 Å². The Balaban J connectivity index is 2.59. The topological polar surface area (TPSA) is 42.4 Å².